The summed E-state index contributed by atoms with van der Waals surface area (Å²) in [6.45, 7) is 5.98. The van der Waals surface area contributed by atoms with Crippen molar-refractivity contribution in [3.05, 3.63) is 35.4 Å². The fraction of sp³-hybridized carbons (Fsp3) is 0.533. The predicted octanol–water partition coefficient (Wildman–Crippen LogP) is 3.62. The van der Waals surface area contributed by atoms with Crippen LogP contribution in [0.4, 0.5) is 8.78 Å². The van der Waals surface area contributed by atoms with Gasteiger partial charge in [-0.1, -0.05) is 31.2 Å². The van der Waals surface area contributed by atoms with Crippen molar-refractivity contribution in [2.75, 3.05) is 6.61 Å². The highest BCUT2D eigenvalue weighted by atomic mass is 19.3. The number of halogens is 2. The van der Waals surface area contributed by atoms with Crippen molar-refractivity contribution < 1.29 is 18.3 Å². The lowest BCUT2D eigenvalue weighted by molar-refractivity contribution is -0.146. The van der Waals surface area contributed by atoms with E-state index in [0.29, 0.717) is 5.56 Å². The Kier molecular flexibility index (Phi) is 6.58. The molecule has 0 radical (unpaired) electrons. The average Bonchev–Trinajstić information content (AvgIpc) is 2.44. The highest BCUT2D eigenvalue weighted by Crippen LogP contribution is 2.22. The summed E-state index contributed by atoms with van der Waals surface area (Å²) in [6.07, 6.45) is -1.65. The molecule has 1 aromatic carbocycles. The molecule has 1 aromatic rings. The van der Waals surface area contributed by atoms with E-state index in [1.54, 1.807) is 19.1 Å². The minimum absolute atomic E-state index is 0.0556. The second-order valence-corrected chi connectivity index (χ2v) is 4.63. The van der Waals surface area contributed by atoms with Gasteiger partial charge in [-0.05, 0) is 25.8 Å². The number of benzene rings is 1. The molecule has 1 rings (SSSR count). The van der Waals surface area contributed by atoms with Crippen LogP contribution in [0, 0.1) is 0 Å². The van der Waals surface area contributed by atoms with Crippen LogP contribution in [-0.4, -0.2) is 18.6 Å². The molecule has 0 aliphatic carbocycles. The van der Waals surface area contributed by atoms with E-state index < -0.39 is 18.4 Å². The lowest BCUT2D eigenvalue weighted by Gasteiger charge is -2.21. The first-order chi connectivity index (χ1) is 9.49. The molecular weight excluding hydrogens is 264 g/mol. The van der Waals surface area contributed by atoms with E-state index in [4.69, 9.17) is 4.74 Å². The van der Waals surface area contributed by atoms with Crippen LogP contribution in [0.2, 0.25) is 0 Å². The molecular formula is C15H21F2NO2. The zero-order valence-corrected chi connectivity index (χ0v) is 12.0. The fourth-order valence-corrected chi connectivity index (χ4v) is 1.76. The quantitative estimate of drug-likeness (QED) is 0.778. The second kappa shape index (κ2) is 7.94. The average molecular weight is 285 g/mol. The van der Waals surface area contributed by atoms with Crippen molar-refractivity contribution in [1.29, 1.82) is 0 Å². The molecule has 0 aromatic heterocycles. The molecule has 1 N–H and O–H groups in total. The van der Waals surface area contributed by atoms with Crippen molar-refractivity contribution in [3.8, 4) is 0 Å². The van der Waals surface area contributed by atoms with Crippen molar-refractivity contribution in [3.63, 3.8) is 0 Å². The molecule has 2 atom stereocenters. The van der Waals surface area contributed by atoms with Crippen LogP contribution in [0.15, 0.2) is 24.3 Å². The third-order valence-electron chi connectivity index (χ3n) is 3.11. The third-order valence-corrected chi connectivity index (χ3v) is 3.11. The first kappa shape index (κ1) is 16.6. The fourth-order valence-electron chi connectivity index (χ4n) is 1.76. The SMILES string of the molecule is CCOC(=O)C(NC(C)CC)c1ccc(C(F)F)cc1. The van der Waals surface area contributed by atoms with E-state index in [1.807, 2.05) is 13.8 Å². The van der Waals surface area contributed by atoms with Gasteiger partial charge in [-0.3, -0.25) is 5.32 Å². The largest absolute Gasteiger partial charge is 0.465 e. The Morgan fingerprint density at radius 3 is 2.20 bits per heavy atom. The van der Waals surface area contributed by atoms with Gasteiger partial charge in [0.2, 0.25) is 0 Å². The van der Waals surface area contributed by atoms with Crippen LogP contribution in [0.25, 0.3) is 0 Å². The summed E-state index contributed by atoms with van der Waals surface area (Å²) in [5.74, 6) is -0.391. The summed E-state index contributed by atoms with van der Waals surface area (Å²) in [6, 6.07) is 5.25. The Bertz CT molecular complexity index is 420. The molecule has 0 fully saturated rings. The summed E-state index contributed by atoms with van der Waals surface area (Å²) in [4.78, 5) is 12.0. The lowest BCUT2D eigenvalue weighted by Crippen LogP contribution is -2.36. The van der Waals surface area contributed by atoms with Gasteiger partial charge in [0.25, 0.3) is 6.43 Å². The molecule has 0 aliphatic heterocycles. The van der Waals surface area contributed by atoms with Gasteiger partial charge >= 0.3 is 5.97 Å². The summed E-state index contributed by atoms with van der Waals surface area (Å²) in [7, 11) is 0. The van der Waals surface area contributed by atoms with E-state index >= 15 is 0 Å². The highest BCUT2D eigenvalue weighted by molar-refractivity contribution is 5.77. The number of alkyl halides is 2. The Balaban J connectivity index is 2.93. The number of carbonyl (C=O) groups excluding carboxylic acids is 1. The van der Waals surface area contributed by atoms with Gasteiger partial charge in [-0.2, -0.15) is 0 Å². The van der Waals surface area contributed by atoms with E-state index in [0.717, 1.165) is 6.42 Å². The predicted molar refractivity (Wildman–Crippen MR) is 73.7 cm³/mol. The molecule has 0 aliphatic rings. The van der Waals surface area contributed by atoms with Crippen molar-refractivity contribution >= 4 is 5.97 Å². The molecule has 0 saturated heterocycles. The Labute approximate surface area is 118 Å². The van der Waals surface area contributed by atoms with Crippen LogP contribution in [0.3, 0.4) is 0 Å². The van der Waals surface area contributed by atoms with Crippen molar-refractivity contribution in [2.45, 2.75) is 45.7 Å². The molecule has 2 unspecified atom stereocenters. The van der Waals surface area contributed by atoms with Gasteiger partial charge < -0.3 is 4.74 Å². The highest BCUT2D eigenvalue weighted by Gasteiger charge is 2.23. The Hall–Kier alpha value is -1.49. The van der Waals surface area contributed by atoms with E-state index in [2.05, 4.69) is 5.32 Å². The smallest absolute Gasteiger partial charge is 0.327 e. The Morgan fingerprint density at radius 1 is 1.20 bits per heavy atom. The van der Waals surface area contributed by atoms with Crippen LogP contribution >= 0.6 is 0 Å². The monoisotopic (exact) mass is 285 g/mol. The van der Waals surface area contributed by atoms with E-state index in [-0.39, 0.29) is 18.2 Å². The number of hydrogen-bond donors (Lipinski definition) is 1. The molecule has 0 saturated carbocycles. The molecule has 0 amide bonds. The summed E-state index contributed by atoms with van der Waals surface area (Å²) < 4.78 is 30.1. The van der Waals surface area contributed by atoms with Crippen molar-refractivity contribution in [2.24, 2.45) is 0 Å². The standard InChI is InChI=1S/C15H21F2NO2/c1-4-10(3)18-13(15(19)20-5-2)11-6-8-12(9-7-11)14(16)17/h6-10,13-14,18H,4-5H2,1-3H3. The minimum atomic E-state index is -2.51. The second-order valence-electron chi connectivity index (χ2n) is 4.63. The first-order valence-electron chi connectivity index (χ1n) is 6.80. The zero-order valence-electron chi connectivity index (χ0n) is 12.0. The maximum atomic E-state index is 12.5. The van der Waals surface area contributed by atoms with Crippen molar-refractivity contribution in [1.82, 2.24) is 5.32 Å². The van der Waals surface area contributed by atoms with Gasteiger partial charge in [0.05, 0.1) is 6.61 Å². The maximum absolute atomic E-state index is 12.5. The van der Waals surface area contributed by atoms with E-state index in [1.165, 1.54) is 12.1 Å². The Morgan fingerprint density at radius 2 is 1.75 bits per heavy atom. The van der Waals surface area contributed by atoms with Crippen LogP contribution < -0.4 is 5.32 Å². The van der Waals surface area contributed by atoms with Gasteiger partial charge in [0.1, 0.15) is 6.04 Å². The number of carbonyl (C=O) groups is 1. The van der Waals surface area contributed by atoms with Crippen LogP contribution in [0.5, 0.6) is 0 Å². The van der Waals surface area contributed by atoms with E-state index in [9.17, 15) is 13.6 Å². The topological polar surface area (TPSA) is 38.3 Å². The zero-order chi connectivity index (χ0) is 15.1. The summed E-state index contributed by atoms with van der Waals surface area (Å²) >= 11 is 0. The van der Waals surface area contributed by atoms with Gasteiger partial charge in [0.15, 0.2) is 0 Å². The number of rotatable bonds is 7. The van der Waals surface area contributed by atoms with Gasteiger partial charge in [0, 0.05) is 11.6 Å². The minimum Gasteiger partial charge on any atom is -0.465 e. The molecule has 0 bridgehead atoms. The number of nitrogens with one attached hydrogen (secondary N) is 1. The third kappa shape index (κ3) is 4.56. The van der Waals surface area contributed by atoms with Gasteiger partial charge in [-0.15, -0.1) is 0 Å². The normalized spacial score (nSPS) is 14.1. The van der Waals surface area contributed by atoms with Crippen LogP contribution in [0.1, 0.15) is 50.8 Å². The molecule has 20 heavy (non-hydrogen) atoms. The number of esters is 1. The molecule has 0 heterocycles. The lowest BCUT2D eigenvalue weighted by atomic mass is 10.0. The summed E-state index contributed by atoms with van der Waals surface area (Å²) in [5.41, 5.74) is 0.577. The molecule has 5 heteroatoms. The van der Waals surface area contributed by atoms with Crippen LogP contribution in [-0.2, 0) is 9.53 Å². The molecule has 3 nitrogen and oxygen atoms in total. The molecule has 112 valence electrons. The number of ether oxygens (including phenoxy) is 1. The molecule has 0 spiro atoms. The maximum Gasteiger partial charge on any atom is 0.327 e. The first-order valence-corrected chi connectivity index (χ1v) is 6.80. The summed E-state index contributed by atoms with van der Waals surface area (Å²) in [5, 5.41) is 3.15. The van der Waals surface area contributed by atoms with Gasteiger partial charge in [-0.25, -0.2) is 13.6 Å². The number of hydrogen-bond acceptors (Lipinski definition) is 3.